The molecular formula is C28H38N2O3S3. The number of thioether (sulfide) groups is 2. The first-order valence-corrected chi connectivity index (χ1v) is 15.3. The maximum absolute atomic E-state index is 12.7. The van der Waals surface area contributed by atoms with Crippen LogP contribution < -0.4 is 10.6 Å². The first-order chi connectivity index (χ1) is 17.1. The van der Waals surface area contributed by atoms with Gasteiger partial charge in [-0.15, -0.1) is 11.8 Å². The quantitative estimate of drug-likeness (QED) is 0.310. The average molecular weight is 547 g/mol. The molecule has 0 aliphatic heterocycles. The Bertz CT molecular complexity index is 1010. The summed E-state index contributed by atoms with van der Waals surface area (Å²) in [6.07, 6.45) is 5.23. The number of rotatable bonds is 9. The molecule has 2 aromatic rings. The molecule has 2 N–H and O–H groups in total. The minimum Gasteiger partial charge on any atom is -0.450 e. The summed E-state index contributed by atoms with van der Waals surface area (Å²) in [6, 6.07) is 16.7. The zero-order valence-corrected chi connectivity index (χ0v) is 24.3. The molecule has 0 radical (unpaired) electrons. The summed E-state index contributed by atoms with van der Waals surface area (Å²) < 4.78 is 5.22. The lowest BCUT2D eigenvalue weighted by molar-refractivity contribution is 0.0672. The number of carbonyl (C=O) groups is 2. The minimum atomic E-state index is -0.347. The molecule has 5 nitrogen and oxygen atoms in total. The molecule has 1 aliphatic rings. The molecule has 2 unspecified atom stereocenters. The zero-order valence-electron chi connectivity index (χ0n) is 21.9. The molecule has 8 heteroatoms. The van der Waals surface area contributed by atoms with Crippen molar-refractivity contribution < 1.29 is 14.3 Å². The van der Waals surface area contributed by atoms with Gasteiger partial charge in [-0.25, -0.2) is 4.79 Å². The molecule has 0 spiro atoms. The standard InChI is InChI=1S/C28H38N2O3S3/c1-6-15-33-25(31)30-20-16-27(2,3)18-28(4,17-20)19-29-26(32)36-24-13-11-23(12-14-24)35-22-9-7-21(34-5)8-10-22/h7-14,20H,6,15-19H2,1-5H3,(H,29,32)(H,30,31). The SMILES string of the molecule is CCCOC(=O)NC1CC(C)(C)CC(C)(CNC(=O)Sc2ccc(Sc3ccc(SC)cc3)cc2)C1. The fourth-order valence-electron chi connectivity index (χ4n) is 5.06. The summed E-state index contributed by atoms with van der Waals surface area (Å²) in [7, 11) is 0. The van der Waals surface area contributed by atoms with Crippen LogP contribution in [0.1, 0.15) is 53.4 Å². The molecule has 2 aromatic carbocycles. The minimum absolute atomic E-state index is 0.0367. The van der Waals surface area contributed by atoms with Crippen LogP contribution in [0, 0.1) is 10.8 Å². The van der Waals surface area contributed by atoms with Gasteiger partial charge in [0.05, 0.1) is 6.61 Å². The summed E-state index contributed by atoms with van der Waals surface area (Å²) in [5.41, 5.74) is -0.0379. The van der Waals surface area contributed by atoms with Crippen molar-refractivity contribution in [1.29, 1.82) is 0 Å². The summed E-state index contributed by atoms with van der Waals surface area (Å²) >= 11 is 4.67. The van der Waals surface area contributed by atoms with E-state index in [4.69, 9.17) is 4.74 Å². The molecule has 0 heterocycles. The maximum atomic E-state index is 12.7. The van der Waals surface area contributed by atoms with Crippen molar-refractivity contribution in [3.63, 3.8) is 0 Å². The number of hydrogen-bond acceptors (Lipinski definition) is 6. The van der Waals surface area contributed by atoms with Gasteiger partial charge in [-0.2, -0.15) is 0 Å². The number of alkyl carbamates (subject to hydrolysis) is 1. The molecular weight excluding hydrogens is 509 g/mol. The molecule has 2 amide bonds. The van der Waals surface area contributed by atoms with Gasteiger partial charge in [0, 0.05) is 32.2 Å². The van der Waals surface area contributed by atoms with Gasteiger partial charge in [0.25, 0.3) is 5.24 Å². The third-order valence-corrected chi connectivity index (χ3v) is 8.79. The van der Waals surface area contributed by atoms with E-state index in [1.165, 1.54) is 21.6 Å². The van der Waals surface area contributed by atoms with Crippen LogP contribution in [-0.2, 0) is 4.74 Å². The molecule has 0 aromatic heterocycles. The molecule has 36 heavy (non-hydrogen) atoms. The third-order valence-electron chi connectivity index (χ3n) is 6.19. The van der Waals surface area contributed by atoms with Gasteiger partial charge in [-0.3, -0.25) is 4.79 Å². The lowest BCUT2D eigenvalue weighted by Crippen LogP contribution is -2.50. The highest BCUT2D eigenvalue weighted by Gasteiger charge is 2.42. The Balaban J connectivity index is 1.50. The second-order valence-electron chi connectivity index (χ2n) is 10.5. The topological polar surface area (TPSA) is 67.4 Å². The highest BCUT2D eigenvalue weighted by Crippen LogP contribution is 2.46. The zero-order chi connectivity index (χ0) is 26.2. The van der Waals surface area contributed by atoms with Gasteiger partial charge < -0.3 is 15.4 Å². The van der Waals surface area contributed by atoms with Crippen LogP contribution in [0.5, 0.6) is 0 Å². The maximum Gasteiger partial charge on any atom is 0.407 e. The Morgan fingerprint density at radius 1 is 0.944 bits per heavy atom. The van der Waals surface area contributed by atoms with Crippen molar-refractivity contribution in [1.82, 2.24) is 10.6 Å². The predicted molar refractivity (Wildman–Crippen MR) is 152 cm³/mol. The molecule has 1 saturated carbocycles. The Labute approximate surface area is 228 Å². The second-order valence-corrected chi connectivity index (χ2v) is 13.6. The summed E-state index contributed by atoms with van der Waals surface area (Å²) in [4.78, 5) is 29.3. The summed E-state index contributed by atoms with van der Waals surface area (Å²) in [5, 5.41) is 6.11. The highest BCUT2D eigenvalue weighted by atomic mass is 32.2. The van der Waals surface area contributed by atoms with Crippen LogP contribution in [0.25, 0.3) is 0 Å². The van der Waals surface area contributed by atoms with E-state index in [2.05, 4.69) is 74.1 Å². The van der Waals surface area contributed by atoms with E-state index < -0.39 is 0 Å². The van der Waals surface area contributed by atoms with Crippen molar-refractivity contribution in [2.75, 3.05) is 19.4 Å². The highest BCUT2D eigenvalue weighted by molar-refractivity contribution is 8.13. The Morgan fingerprint density at radius 2 is 1.53 bits per heavy atom. The molecule has 2 atom stereocenters. The van der Waals surface area contributed by atoms with Gasteiger partial charge in [0.1, 0.15) is 0 Å². The fourth-order valence-corrected chi connectivity index (χ4v) is 6.91. The molecule has 0 saturated heterocycles. The summed E-state index contributed by atoms with van der Waals surface area (Å²) in [5.74, 6) is 0. The van der Waals surface area contributed by atoms with Gasteiger partial charge in [0.15, 0.2) is 0 Å². The predicted octanol–water partition coefficient (Wildman–Crippen LogP) is 8.08. The number of benzene rings is 2. The van der Waals surface area contributed by atoms with Gasteiger partial charge in [0.2, 0.25) is 0 Å². The van der Waals surface area contributed by atoms with Gasteiger partial charge >= 0.3 is 6.09 Å². The molecule has 3 rings (SSSR count). The van der Waals surface area contributed by atoms with Crippen LogP contribution in [0.2, 0.25) is 0 Å². The van der Waals surface area contributed by atoms with E-state index in [-0.39, 0.29) is 28.2 Å². The first kappa shape index (κ1) is 28.8. The monoisotopic (exact) mass is 546 g/mol. The number of ether oxygens (including phenoxy) is 1. The normalized spacial score (nSPS) is 21.0. The first-order valence-electron chi connectivity index (χ1n) is 12.4. The second kappa shape index (κ2) is 13.2. The molecule has 1 fully saturated rings. The number of nitrogens with one attached hydrogen (secondary N) is 2. The molecule has 1 aliphatic carbocycles. The molecule has 0 bridgehead atoms. The smallest absolute Gasteiger partial charge is 0.407 e. The van der Waals surface area contributed by atoms with Gasteiger partial charge in [-0.1, -0.05) is 39.5 Å². The van der Waals surface area contributed by atoms with Crippen LogP contribution >= 0.6 is 35.3 Å². The van der Waals surface area contributed by atoms with Crippen molar-refractivity contribution in [3.05, 3.63) is 48.5 Å². The van der Waals surface area contributed by atoms with Crippen LogP contribution in [-0.4, -0.2) is 36.8 Å². The average Bonchev–Trinajstić information content (AvgIpc) is 2.82. The largest absolute Gasteiger partial charge is 0.450 e. The molecule has 196 valence electrons. The number of amides is 2. The fraction of sp³-hybridized carbons (Fsp3) is 0.500. The number of carbonyl (C=O) groups excluding carboxylic acids is 2. The Kier molecular flexibility index (Phi) is 10.5. The lowest BCUT2D eigenvalue weighted by atomic mass is 9.62. The third kappa shape index (κ3) is 9.27. The van der Waals surface area contributed by atoms with E-state index in [0.717, 1.165) is 35.5 Å². The summed E-state index contributed by atoms with van der Waals surface area (Å²) in [6.45, 7) is 9.63. The van der Waals surface area contributed by atoms with Crippen molar-refractivity contribution in [2.45, 2.75) is 79.0 Å². The van der Waals surface area contributed by atoms with Crippen molar-refractivity contribution in [2.24, 2.45) is 10.8 Å². The van der Waals surface area contributed by atoms with Crippen molar-refractivity contribution >= 4 is 46.6 Å². The van der Waals surface area contributed by atoms with E-state index in [1.54, 1.807) is 23.5 Å². The van der Waals surface area contributed by atoms with Crippen LogP contribution in [0.4, 0.5) is 9.59 Å². The Morgan fingerprint density at radius 3 is 2.11 bits per heavy atom. The van der Waals surface area contributed by atoms with Crippen LogP contribution in [0.3, 0.4) is 0 Å². The van der Waals surface area contributed by atoms with E-state index >= 15 is 0 Å². The van der Waals surface area contributed by atoms with E-state index in [1.807, 2.05) is 19.1 Å². The lowest BCUT2D eigenvalue weighted by Gasteiger charge is -2.46. The van der Waals surface area contributed by atoms with E-state index in [9.17, 15) is 9.59 Å². The Hall–Kier alpha value is -1.77. The van der Waals surface area contributed by atoms with Gasteiger partial charge in [-0.05, 0) is 103 Å². The van der Waals surface area contributed by atoms with E-state index in [0.29, 0.717) is 13.2 Å². The van der Waals surface area contributed by atoms with Crippen LogP contribution in [0.15, 0.2) is 68.1 Å². The van der Waals surface area contributed by atoms with Crippen molar-refractivity contribution in [3.8, 4) is 0 Å². The number of hydrogen-bond donors (Lipinski definition) is 2.